The smallest absolute Gasteiger partial charge is 0.294 e. The maximum absolute atomic E-state index is 10.0. The minimum Gasteiger partial charge on any atom is -0.593 e. The largest absolute Gasteiger partial charge is 0.593 e. The molecular formula is C19H18N3O3SY-. The van der Waals surface area contributed by atoms with Crippen molar-refractivity contribution < 1.29 is 47.0 Å². The fraction of sp³-hybridized carbons (Fsp3) is 0.368. The SMILES string of the molecule is [C-]#[N+]C1CN(c2ccc3c(c2)CCC3O)N(COCc2cc[c-]o2)C1=S.[Y]. The van der Waals surface area contributed by atoms with Crippen molar-refractivity contribution in [3.05, 3.63) is 64.9 Å². The molecule has 1 N–H and O–H groups in total. The molecule has 4 rings (SSSR count). The number of hydrogen-bond acceptors (Lipinski definition) is 5. The molecule has 1 aliphatic heterocycles. The van der Waals surface area contributed by atoms with E-state index in [0.717, 1.165) is 29.7 Å². The zero-order valence-electron chi connectivity index (χ0n) is 14.7. The Labute approximate surface area is 188 Å². The average Bonchev–Trinajstić information content (AvgIpc) is 3.36. The Kier molecular flexibility index (Phi) is 6.67. The van der Waals surface area contributed by atoms with Crippen LogP contribution in [-0.2, 0) is 50.5 Å². The number of aliphatic hydroxyl groups excluding tert-OH is 1. The second kappa shape index (κ2) is 8.81. The van der Waals surface area contributed by atoms with Crippen molar-refractivity contribution in [2.45, 2.75) is 31.6 Å². The third-order valence-electron chi connectivity index (χ3n) is 4.79. The summed E-state index contributed by atoms with van der Waals surface area (Å²) < 4.78 is 10.9. The van der Waals surface area contributed by atoms with E-state index in [1.54, 1.807) is 12.1 Å². The maximum Gasteiger partial charge on any atom is 0.294 e. The molecule has 1 aromatic carbocycles. The van der Waals surface area contributed by atoms with E-state index in [1.807, 2.05) is 22.2 Å². The normalized spacial score (nSPS) is 21.1. The van der Waals surface area contributed by atoms with E-state index >= 15 is 0 Å². The number of fused-ring (bicyclic) bond motifs is 1. The van der Waals surface area contributed by atoms with Gasteiger partial charge in [-0.15, -0.1) is 6.07 Å². The van der Waals surface area contributed by atoms with E-state index in [4.69, 9.17) is 27.9 Å². The monoisotopic (exact) mass is 457 g/mol. The van der Waals surface area contributed by atoms with E-state index in [9.17, 15) is 5.11 Å². The zero-order valence-corrected chi connectivity index (χ0v) is 18.3. The van der Waals surface area contributed by atoms with Gasteiger partial charge in [0.25, 0.3) is 6.04 Å². The fourth-order valence-corrected chi connectivity index (χ4v) is 3.71. The first-order valence-corrected chi connectivity index (χ1v) is 8.87. The summed E-state index contributed by atoms with van der Waals surface area (Å²) in [5.74, 6) is 0.690. The maximum atomic E-state index is 10.0. The molecule has 6 nitrogen and oxygen atoms in total. The second-order valence-electron chi connectivity index (χ2n) is 6.40. The zero-order chi connectivity index (χ0) is 18.1. The van der Waals surface area contributed by atoms with Crippen LogP contribution in [0.4, 0.5) is 5.69 Å². The van der Waals surface area contributed by atoms with Gasteiger partial charge in [-0.1, -0.05) is 18.3 Å². The van der Waals surface area contributed by atoms with Crippen LogP contribution < -0.4 is 5.01 Å². The Hall–Kier alpha value is -1.30. The molecule has 2 atom stereocenters. The van der Waals surface area contributed by atoms with Crippen LogP contribution in [-0.4, -0.2) is 34.4 Å². The standard InChI is InChI=1S/C19H18N3O3S.Y/c1-20-17-10-21(14-5-6-16-13(9-14)4-7-18(16)23)22(19(17)26)12-24-11-15-3-2-8-25-15;/h2-3,5-6,9,17-18,23H,4,7,10-12H2;/q-1;. The first-order chi connectivity index (χ1) is 12.7. The van der Waals surface area contributed by atoms with Gasteiger partial charge in [0.1, 0.15) is 13.3 Å². The molecule has 137 valence electrons. The van der Waals surface area contributed by atoms with Gasteiger partial charge in [-0.3, -0.25) is 5.01 Å². The third-order valence-corrected chi connectivity index (χ3v) is 5.27. The molecule has 1 aromatic heterocycles. The molecule has 0 bridgehead atoms. The topological polar surface area (TPSA) is 53.4 Å². The molecule has 1 saturated heterocycles. The minimum absolute atomic E-state index is 0. The van der Waals surface area contributed by atoms with Crippen molar-refractivity contribution in [2.24, 2.45) is 0 Å². The van der Waals surface area contributed by atoms with Crippen molar-refractivity contribution in [2.75, 3.05) is 18.3 Å². The Morgan fingerprint density at radius 2 is 2.26 bits per heavy atom. The summed E-state index contributed by atoms with van der Waals surface area (Å²) in [6.45, 7) is 8.46. The average molecular weight is 457 g/mol. The Bertz CT molecular complexity index is 852. The van der Waals surface area contributed by atoms with Crippen molar-refractivity contribution in [1.29, 1.82) is 0 Å². The number of ether oxygens (including phenoxy) is 1. The van der Waals surface area contributed by atoms with Crippen molar-refractivity contribution in [3.8, 4) is 0 Å². The van der Waals surface area contributed by atoms with Gasteiger partial charge in [-0.25, -0.2) is 11.6 Å². The molecule has 2 aliphatic rings. The van der Waals surface area contributed by atoms with Gasteiger partial charge in [0.15, 0.2) is 4.99 Å². The van der Waals surface area contributed by atoms with E-state index in [0.29, 0.717) is 23.9 Å². The number of anilines is 1. The van der Waals surface area contributed by atoms with Crippen LogP contribution in [0.15, 0.2) is 34.7 Å². The molecule has 1 fully saturated rings. The number of rotatable bonds is 5. The number of hydrogen-bond donors (Lipinski definition) is 1. The number of aliphatic hydroxyl groups is 1. The summed E-state index contributed by atoms with van der Waals surface area (Å²) in [6.07, 6.45) is 3.87. The number of benzene rings is 1. The molecule has 2 aromatic rings. The molecule has 27 heavy (non-hydrogen) atoms. The van der Waals surface area contributed by atoms with E-state index in [-0.39, 0.29) is 51.6 Å². The molecular weight excluding hydrogens is 439 g/mol. The van der Waals surface area contributed by atoms with Crippen LogP contribution >= 0.6 is 12.2 Å². The molecule has 1 radical (unpaired) electrons. The van der Waals surface area contributed by atoms with Gasteiger partial charge in [0, 0.05) is 32.7 Å². The summed E-state index contributed by atoms with van der Waals surface area (Å²) >= 11 is 5.49. The van der Waals surface area contributed by atoms with Crippen LogP contribution in [0.2, 0.25) is 0 Å². The van der Waals surface area contributed by atoms with Gasteiger partial charge < -0.3 is 19.1 Å². The van der Waals surface area contributed by atoms with E-state index in [1.165, 1.54) is 0 Å². The van der Waals surface area contributed by atoms with Gasteiger partial charge in [0.2, 0.25) is 0 Å². The molecule has 1 aliphatic carbocycles. The fourth-order valence-electron chi connectivity index (χ4n) is 3.43. The van der Waals surface area contributed by atoms with Crippen molar-refractivity contribution in [1.82, 2.24) is 5.01 Å². The summed E-state index contributed by atoms with van der Waals surface area (Å²) in [4.78, 5) is 4.21. The van der Waals surface area contributed by atoms with E-state index in [2.05, 4.69) is 17.2 Å². The summed E-state index contributed by atoms with van der Waals surface area (Å²) in [7, 11) is 0. The number of aryl methyl sites for hydroxylation is 1. The summed E-state index contributed by atoms with van der Waals surface area (Å²) in [5.41, 5.74) is 3.11. The van der Waals surface area contributed by atoms with Crippen molar-refractivity contribution >= 4 is 22.9 Å². The van der Waals surface area contributed by atoms with Crippen LogP contribution in [0, 0.1) is 12.8 Å². The number of furan rings is 1. The minimum atomic E-state index is -0.376. The molecule has 0 saturated carbocycles. The Balaban J connectivity index is 0.00000210. The van der Waals surface area contributed by atoms with Crippen LogP contribution in [0.25, 0.3) is 4.85 Å². The predicted molar refractivity (Wildman–Crippen MR) is 99.1 cm³/mol. The Morgan fingerprint density at radius 1 is 1.41 bits per heavy atom. The Morgan fingerprint density at radius 3 is 3.00 bits per heavy atom. The first-order valence-electron chi connectivity index (χ1n) is 8.46. The van der Waals surface area contributed by atoms with Gasteiger partial charge in [0.05, 0.1) is 18.4 Å². The predicted octanol–water partition coefficient (Wildman–Crippen LogP) is 2.88. The van der Waals surface area contributed by atoms with Crippen LogP contribution in [0.5, 0.6) is 0 Å². The molecule has 8 heteroatoms. The van der Waals surface area contributed by atoms with Gasteiger partial charge >= 0.3 is 0 Å². The number of nitrogens with zero attached hydrogens (tertiary/aromatic N) is 3. The van der Waals surface area contributed by atoms with Crippen LogP contribution in [0.1, 0.15) is 29.4 Å². The van der Waals surface area contributed by atoms with Crippen LogP contribution in [0.3, 0.4) is 0 Å². The first kappa shape index (κ1) is 20.4. The van der Waals surface area contributed by atoms with Gasteiger partial charge in [-0.05, 0) is 48.1 Å². The summed E-state index contributed by atoms with van der Waals surface area (Å²) in [6, 6.07) is 9.14. The second-order valence-corrected chi connectivity index (χ2v) is 6.82. The number of thiocarbonyl (C=S) groups is 1. The number of hydrazine groups is 1. The van der Waals surface area contributed by atoms with Gasteiger partial charge in [-0.2, -0.15) is 6.07 Å². The quantitative estimate of drug-likeness (QED) is 0.551. The molecule has 2 heterocycles. The third kappa shape index (κ3) is 4.10. The van der Waals surface area contributed by atoms with Crippen molar-refractivity contribution in [3.63, 3.8) is 0 Å². The molecule has 0 spiro atoms. The molecule has 0 amide bonds. The summed E-state index contributed by atoms with van der Waals surface area (Å²) in [5, 5.41) is 13.8. The molecule has 2 unspecified atom stereocenters. The van der Waals surface area contributed by atoms with E-state index < -0.39 is 0 Å².